The molecule has 0 saturated carbocycles. The predicted molar refractivity (Wildman–Crippen MR) is 122 cm³/mol. The SMILES string of the molecule is C[C@@H](c1ccc(-c2ccc(=O)[nH]c2)cc1)N1C=CC(CCCO)(c2ccccc2)OC1. The number of pyridine rings is 1. The van der Waals surface area contributed by atoms with Crippen molar-refractivity contribution >= 4 is 0 Å². The molecule has 1 aliphatic heterocycles. The van der Waals surface area contributed by atoms with Crippen molar-refractivity contribution in [2.75, 3.05) is 13.3 Å². The first kappa shape index (κ1) is 21.1. The van der Waals surface area contributed by atoms with Crippen LogP contribution >= 0.6 is 0 Å². The van der Waals surface area contributed by atoms with Crippen LogP contribution in [0, 0.1) is 0 Å². The lowest BCUT2D eigenvalue weighted by Gasteiger charge is -2.40. The van der Waals surface area contributed by atoms with Gasteiger partial charge in [-0.25, -0.2) is 0 Å². The van der Waals surface area contributed by atoms with Gasteiger partial charge in [0.2, 0.25) is 5.56 Å². The number of rotatable bonds is 7. The second-order valence-electron chi connectivity index (χ2n) is 7.93. The Morgan fingerprint density at radius 1 is 1.06 bits per heavy atom. The molecule has 5 heteroatoms. The summed E-state index contributed by atoms with van der Waals surface area (Å²) in [5.74, 6) is 0. The second-order valence-corrected chi connectivity index (χ2v) is 7.93. The van der Waals surface area contributed by atoms with E-state index < -0.39 is 5.60 Å². The fourth-order valence-electron chi connectivity index (χ4n) is 4.01. The third-order valence-electron chi connectivity index (χ3n) is 5.98. The minimum atomic E-state index is -0.506. The molecule has 1 unspecified atom stereocenters. The number of hydrogen-bond donors (Lipinski definition) is 2. The number of nitrogens with zero attached hydrogens (tertiary/aromatic N) is 1. The van der Waals surface area contributed by atoms with E-state index in [1.165, 1.54) is 11.6 Å². The fourth-order valence-corrected chi connectivity index (χ4v) is 4.01. The summed E-state index contributed by atoms with van der Waals surface area (Å²) in [7, 11) is 0. The van der Waals surface area contributed by atoms with Gasteiger partial charge >= 0.3 is 0 Å². The molecule has 0 radical (unpaired) electrons. The van der Waals surface area contributed by atoms with E-state index in [0.29, 0.717) is 13.2 Å². The third kappa shape index (κ3) is 4.63. The smallest absolute Gasteiger partial charge is 0.247 e. The maximum atomic E-state index is 11.3. The van der Waals surface area contributed by atoms with Crippen molar-refractivity contribution in [2.24, 2.45) is 0 Å². The van der Waals surface area contributed by atoms with Crippen LogP contribution in [0.25, 0.3) is 11.1 Å². The summed E-state index contributed by atoms with van der Waals surface area (Å²) in [5, 5.41) is 9.36. The molecule has 2 aromatic carbocycles. The van der Waals surface area contributed by atoms with Gasteiger partial charge < -0.3 is 19.7 Å². The van der Waals surface area contributed by atoms with Gasteiger partial charge in [-0.15, -0.1) is 0 Å². The Morgan fingerprint density at radius 3 is 2.42 bits per heavy atom. The van der Waals surface area contributed by atoms with Gasteiger partial charge in [0.25, 0.3) is 0 Å². The van der Waals surface area contributed by atoms with Gasteiger partial charge in [0.15, 0.2) is 0 Å². The Hall–Kier alpha value is -3.15. The van der Waals surface area contributed by atoms with Gasteiger partial charge in [0.1, 0.15) is 12.3 Å². The zero-order valence-electron chi connectivity index (χ0n) is 17.7. The second kappa shape index (κ2) is 9.33. The summed E-state index contributed by atoms with van der Waals surface area (Å²) >= 11 is 0. The highest BCUT2D eigenvalue weighted by Crippen LogP contribution is 2.37. The molecular formula is C26H28N2O3. The lowest BCUT2D eigenvalue weighted by molar-refractivity contribution is -0.0887. The van der Waals surface area contributed by atoms with Crippen LogP contribution in [0.2, 0.25) is 0 Å². The maximum Gasteiger partial charge on any atom is 0.247 e. The highest BCUT2D eigenvalue weighted by atomic mass is 16.5. The van der Waals surface area contributed by atoms with E-state index in [1.54, 1.807) is 6.20 Å². The van der Waals surface area contributed by atoms with Crippen LogP contribution in [0.3, 0.4) is 0 Å². The average Bonchev–Trinajstić information content (AvgIpc) is 2.84. The minimum Gasteiger partial charge on any atom is -0.396 e. The molecule has 160 valence electrons. The lowest BCUT2D eigenvalue weighted by atomic mass is 9.88. The number of aromatic amines is 1. The van der Waals surface area contributed by atoms with Gasteiger partial charge in [0, 0.05) is 25.1 Å². The van der Waals surface area contributed by atoms with E-state index in [-0.39, 0.29) is 18.2 Å². The van der Waals surface area contributed by atoms with Gasteiger partial charge in [-0.1, -0.05) is 54.6 Å². The molecule has 1 aliphatic rings. The first-order valence-corrected chi connectivity index (χ1v) is 10.7. The largest absolute Gasteiger partial charge is 0.396 e. The molecule has 2 N–H and O–H groups in total. The van der Waals surface area contributed by atoms with Crippen molar-refractivity contribution in [2.45, 2.75) is 31.4 Å². The van der Waals surface area contributed by atoms with E-state index in [4.69, 9.17) is 4.74 Å². The molecule has 0 fully saturated rings. The van der Waals surface area contributed by atoms with Crippen LogP contribution < -0.4 is 5.56 Å². The molecule has 4 rings (SSSR count). The van der Waals surface area contributed by atoms with E-state index in [2.05, 4.69) is 65.5 Å². The van der Waals surface area contributed by atoms with Gasteiger partial charge in [-0.3, -0.25) is 4.79 Å². The van der Waals surface area contributed by atoms with E-state index in [1.807, 2.05) is 24.3 Å². The summed E-state index contributed by atoms with van der Waals surface area (Å²) in [5.41, 5.74) is 3.73. The Balaban J connectivity index is 1.51. The van der Waals surface area contributed by atoms with Crippen molar-refractivity contribution < 1.29 is 9.84 Å². The summed E-state index contributed by atoms with van der Waals surface area (Å²) in [6.07, 6.45) is 7.39. The molecule has 3 aromatic rings. The van der Waals surface area contributed by atoms with Gasteiger partial charge in [-0.05, 0) is 54.2 Å². The van der Waals surface area contributed by atoms with Crippen LogP contribution in [0.5, 0.6) is 0 Å². The number of hydrogen-bond acceptors (Lipinski definition) is 4. The highest BCUT2D eigenvalue weighted by Gasteiger charge is 2.34. The Kier molecular flexibility index (Phi) is 6.35. The molecule has 2 heterocycles. The van der Waals surface area contributed by atoms with Crippen molar-refractivity contribution in [3.8, 4) is 11.1 Å². The standard InChI is InChI=1S/C26H28N2O3/c1-20(21-8-10-22(11-9-21)23-12-13-25(30)27-18-23)28-16-15-26(31-19-28,14-5-17-29)24-6-3-2-4-7-24/h2-4,6-13,15-16,18,20,29H,5,14,17,19H2,1H3,(H,27,30)/t20-,26?/m0/s1. The number of aliphatic hydroxyl groups is 1. The van der Waals surface area contributed by atoms with Crippen molar-refractivity contribution in [1.82, 2.24) is 9.88 Å². The quantitative estimate of drug-likeness (QED) is 0.592. The van der Waals surface area contributed by atoms with Crippen molar-refractivity contribution in [1.29, 1.82) is 0 Å². The fraction of sp³-hybridized carbons (Fsp3) is 0.269. The molecule has 0 saturated heterocycles. The van der Waals surface area contributed by atoms with Gasteiger partial charge in [0.05, 0.1) is 6.04 Å². The number of aliphatic hydroxyl groups excluding tert-OH is 1. The summed E-state index contributed by atoms with van der Waals surface area (Å²) in [6.45, 7) is 2.78. The average molecular weight is 417 g/mol. The molecule has 2 atom stereocenters. The monoisotopic (exact) mass is 416 g/mol. The minimum absolute atomic E-state index is 0.101. The first-order chi connectivity index (χ1) is 15.1. The molecule has 0 spiro atoms. The topological polar surface area (TPSA) is 65.6 Å². The summed E-state index contributed by atoms with van der Waals surface area (Å²) in [6, 6.07) is 22.1. The first-order valence-electron chi connectivity index (χ1n) is 10.7. The van der Waals surface area contributed by atoms with E-state index >= 15 is 0 Å². The molecule has 0 bridgehead atoms. The molecule has 0 aliphatic carbocycles. The summed E-state index contributed by atoms with van der Waals surface area (Å²) in [4.78, 5) is 16.2. The Morgan fingerprint density at radius 2 is 1.81 bits per heavy atom. The van der Waals surface area contributed by atoms with E-state index in [0.717, 1.165) is 23.1 Å². The van der Waals surface area contributed by atoms with Crippen LogP contribution in [0.4, 0.5) is 0 Å². The predicted octanol–water partition coefficient (Wildman–Crippen LogP) is 4.57. The van der Waals surface area contributed by atoms with Crippen molar-refractivity contribution in [3.05, 3.63) is 107 Å². The molecule has 1 aromatic heterocycles. The normalized spacial score (nSPS) is 19.4. The summed E-state index contributed by atoms with van der Waals surface area (Å²) < 4.78 is 6.41. The van der Waals surface area contributed by atoms with Crippen LogP contribution in [-0.2, 0) is 10.3 Å². The number of aromatic nitrogens is 1. The number of ether oxygens (including phenoxy) is 1. The van der Waals surface area contributed by atoms with Crippen molar-refractivity contribution in [3.63, 3.8) is 0 Å². The molecule has 31 heavy (non-hydrogen) atoms. The van der Waals surface area contributed by atoms with Crippen LogP contribution in [0.15, 0.2) is 90.0 Å². The Bertz CT molecular complexity index is 1060. The number of nitrogens with one attached hydrogen (secondary N) is 1. The lowest BCUT2D eigenvalue weighted by Crippen LogP contribution is -2.38. The molecule has 5 nitrogen and oxygen atoms in total. The zero-order valence-corrected chi connectivity index (χ0v) is 17.7. The maximum absolute atomic E-state index is 11.3. The number of H-pyrrole nitrogens is 1. The molecule has 0 amide bonds. The zero-order chi connectivity index (χ0) is 21.7. The van der Waals surface area contributed by atoms with E-state index in [9.17, 15) is 9.90 Å². The highest BCUT2D eigenvalue weighted by molar-refractivity contribution is 5.62. The third-order valence-corrected chi connectivity index (χ3v) is 5.98. The molecular weight excluding hydrogens is 388 g/mol. The Labute approximate surface area is 182 Å². The van der Waals surface area contributed by atoms with Crippen LogP contribution in [-0.4, -0.2) is 28.3 Å². The van der Waals surface area contributed by atoms with Crippen LogP contribution in [0.1, 0.15) is 36.9 Å². The number of benzene rings is 2. The van der Waals surface area contributed by atoms with Gasteiger partial charge in [-0.2, -0.15) is 0 Å².